The van der Waals surface area contributed by atoms with Gasteiger partial charge in [-0.15, -0.1) is 21.9 Å². The van der Waals surface area contributed by atoms with E-state index in [-0.39, 0.29) is 24.1 Å². The summed E-state index contributed by atoms with van der Waals surface area (Å²) in [5.41, 5.74) is -12.5. The van der Waals surface area contributed by atoms with Gasteiger partial charge in [0.05, 0.1) is 24.8 Å². The van der Waals surface area contributed by atoms with Crippen LogP contribution in [0.2, 0.25) is 0 Å². The minimum atomic E-state index is -7.22. The Morgan fingerprint density at radius 1 is 0.377 bits per heavy atom. The highest BCUT2D eigenvalue weighted by atomic mass is 32.2. The van der Waals surface area contributed by atoms with Crippen molar-refractivity contribution in [1.82, 2.24) is 0 Å². The summed E-state index contributed by atoms with van der Waals surface area (Å²) in [4.78, 5) is 0. The van der Waals surface area contributed by atoms with Gasteiger partial charge in [-0.2, -0.15) is 5.26 Å². The number of halogens is 20. The second-order valence-electron chi connectivity index (χ2n) is 12.2. The standard InChI is InChI=1S/C24BF20.C12H16NO2S/c26-5-1(6(27)14(35)21(42)13(5)34)25(2-7(28)15(36)22(43)16(37)8(2)29,3-9(30)17(38)23(44)18(39)10(3)31)4-11(32)19(40)24(45)20(41)12(4)33;13-9-11-1-3-12(4-2-11)10-16(7-5-14)8-6-15/h;1-4,14-15H,5-8,10H2/q-1;+1. The number of hydrogen-bond acceptors (Lipinski definition) is 3. The van der Waals surface area contributed by atoms with Crippen LogP contribution in [0, 0.1) is 128 Å². The second-order valence-corrected chi connectivity index (χ2v) is 14.6. The first-order chi connectivity index (χ1) is 28.5. The third-order valence-corrected chi connectivity index (χ3v) is 11.2. The molecule has 0 fully saturated rings. The monoisotopic (exact) mass is 917 g/mol. The zero-order valence-electron chi connectivity index (χ0n) is 29.2. The van der Waals surface area contributed by atoms with E-state index in [4.69, 9.17) is 15.5 Å². The van der Waals surface area contributed by atoms with Crippen molar-refractivity contribution < 1.29 is 98.0 Å². The number of aliphatic hydroxyl groups is 2. The largest absolute Gasteiger partial charge is 0.391 e. The third-order valence-electron chi connectivity index (χ3n) is 8.92. The fourth-order valence-electron chi connectivity index (χ4n) is 6.29. The lowest BCUT2D eigenvalue weighted by Crippen LogP contribution is -2.81. The summed E-state index contributed by atoms with van der Waals surface area (Å²) in [5.74, 6) is -69.1. The van der Waals surface area contributed by atoms with Crippen LogP contribution in [0.3, 0.4) is 0 Å². The molecular weight excluding hydrogens is 901 g/mol. The molecular formula is C36H16BF20NO2S. The van der Waals surface area contributed by atoms with Crippen molar-refractivity contribution in [2.75, 3.05) is 24.7 Å². The number of aliphatic hydroxyl groups excluding tert-OH is 2. The van der Waals surface area contributed by atoms with Crippen LogP contribution in [0.15, 0.2) is 24.3 Å². The van der Waals surface area contributed by atoms with Crippen LogP contribution in [-0.4, -0.2) is 41.1 Å². The van der Waals surface area contributed by atoms with Crippen molar-refractivity contribution in [1.29, 1.82) is 5.26 Å². The molecule has 25 heteroatoms. The minimum absolute atomic E-state index is 0.0330. The molecule has 326 valence electrons. The zero-order valence-corrected chi connectivity index (χ0v) is 30.0. The first-order valence-corrected chi connectivity index (χ1v) is 17.8. The fraction of sp³-hybridized carbons (Fsp3) is 0.139. The van der Waals surface area contributed by atoms with E-state index in [1.807, 2.05) is 12.1 Å². The fourth-order valence-corrected chi connectivity index (χ4v) is 7.96. The van der Waals surface area contributed by atoms with Crippen molar-refractivity contribution >= 4 is 38.9 Å². The van der Waals surface area contributed by atoms with Gasteiger partial charge >= 0.3 is 0 Å². The highest BCUT2D eigenvalue weighted by Crippen LogP contribution is 2.30. The van der Waals surface area contributed by atoms with Gasteiger partial charge in [0.1, 0.15) is 69.9 Å². The minimum Gasteiger partial charge on any atom is -0.391 e. The van der Waals surface area contributed by atoms with Gasteiger partial charge in [0.15, 0.2) is 69.8 Å². The average Bonchev–Trinajstić information content (AvgIpc) is 3.24. The molecule has 0 atom stereocenters. The molecule has 0 amide bonds. The lowest BCUT2D eigenvalue weighted by molar-refractivity contribution is 0.316. The van der Waals surface area contributed by atoms with E-state index in [0.29, 0.717) is 5.56 Å². The Morgan fingerprint density at radius 2 is 0.590 bits per heavy atom. The topological polar surface area (TPSA) is 64.2 Å². The number of rotatable bonds is 10. The normalized spacial score (nSPS) is 11.6. The lowest BCUT2D eigenvalue weighted by Gasteiger charge is -2.44. The van der Waals surface area contributed by atoms with E-state index < -0.39 is 144 Å². The number of nitrogens with zero attached hydrogens (tertiary/aromatic N) is 1. The van der Waals surface area contributed by atoms with E-state index in [1.54, 1.807) is 12.1 Å². The van der Waals surface area contributed by atoms with E-state index in [9.17, 15) is 52.7 Å². The average molecular weight is 917 g/mol. The molecule has 0 aliphatic heterocycles. The predicted octanol–water partition coefficient (Wildman–Crippen LogP) is 6.51. The maximum Gasteiger partial charge on any atom is 0.200 e. The summed E-state index contributed by atoms with van der Waals surface area (Å²) >= 11 is 0. The Labute approximate surface area is 330 Å². The van der Waals surface area contributed by atoms with Crippen LogP contribution in [0.25, 0.3) is 0 Å². The predicted molar refractivity (Wildman–Crippen MR) is 175 cm³/mol. The molecule has 3 nitrogen and oxygen atoms in total. The Kier molecular flexibility index (Phi) is 14.7. The van der Waals surface area contributed by atoms with Crippen molar-refractivity contribution in [3.63, 3.8) is 0 Å². The van der Waals surface area contributed by atoms with Crippen molar-refractivity contribution in [2.45, 2.75) is 5.75 Å². The van der Waals surface area contributed by atoms with E-state index >= 15 is 35.1 Å². The molecule has 0 aliphatic carbocycles. The molecule has 0 aromatic heterocycles. The third kappa shape index (κ3) is 8.07. The Balaban J connectivity index is 0.000000430. The maximum absolute atomic E-state index is 15.4. The summed E-state index contributed by atoms with van der Waals surface area (Å²) < 4.78 is 294. The second kappa shape index (κ2) is 18.6. The highest BCUT2D eigenvalue weighted by molar-refractivity contribution is 7.96. The van der Waals surface area contributed by atoms with Crippen LogP contribution in [0.5, 0.6) is 0 Å². The molecule has 5 aromatic carbocycles. The van der Waals surface area contributed by atoms with Crippen molar-refractivity contribution in [2.24, 2.45) is 0 Å². The molecule has 0 unspecified atom stereocenters. The number of hydrogen-bond donors (Lipinski definition) is 2. The van der Waals surface area contributed by atoms with E-state index in [0.717, 1.165) is 22.8 Å². The van der Waals surface area contributed by atoms with Crippen LogP contribution in [0.4, 0.5) is 87.8 Å². The van der Waals surface area contributed by atoms with Gasteiger partial charge < -0.3 is 10.2 Å². The highest BCUT2D eigenvalue weighted by Gasteiger charge is 2.52. The maximum atomic E-state index is 15.4. The summed E-state index contributed by atoms with van der Waals surface area (Å²) in [6, 6.07) is 9.56. The van der Waals surface area contributed by atoms with Gasteiger partial charge in [-0.25, -0.2) is 87.8 Å². The first kappa shape index (κ1) is 48.2. The molecule has 5 rings (SSSR count). The van der Waals surface area contributed by atoms with Crippen LogP contribution >= 0.6 is 0 Å². The molecule has 0 radical (unpaired) electrons. The summed E-state index contributed by atoms with van der Waals surface area (Å²) in [5, 5.41) is 26.5. The molecule has 0 spiro atoms. The quantitative estimate of drug-likeness (QED) is 0.0553. The molecule has 0 bridgehead atoms. The number of benzene rings is 5. The molecule has 0 aliphatic rings. The SMILES string of the molecule is Fc1c(F)c(F)c([B-](c2c(F)c(F)c(F)c(F)c2F)(c2c(F)c(F)c(F)c(F)c2F)c2c(F)c(F)c(F)c(F)c2F)c(F)c1F.N#Cc1ccc(C[S+](CCO)CCO)cc1. The van der Waals surface area contributed by atoms with Crippen LogP contribution in [-0.2, 0) is 16.6 Å². The van der Waals surface area contributed by atoms with Crippen LogP contribution in [0.1, 0.15) is 11.1 Å². The van der Waals surface area contributed by atoms with Gasteiger partial charge in [0.25, 0.3) is 0 Å². The van der Waals surface area contributed by atoms with E-state index in [1.165, 1.54) is 0 Å². The Bertz CT molecular complexity index is 2180. The summed E-state index contributed by atoms with van der Waals surface area (Å²) in [6.45, 7) is 0.332. The molecule has 0 saturated carbocycles. The van der Waals surface area contributed by atoms with Gasteiger partial charge in [-0.05, 0) is 23.0 Å². The lowest BCUT2D eigenvalue weighted by atomic mass is 9.12. The van der Waals surface area contributed by atoms with Gasteiger partial charge in [-0.1, -0.05) is 12.1 Å². The van der Waals surface area contributed by atoms with E-state index in [2.05, 4.69) is 6.07 Å². The Hall–Kier alpha value is -5.48. The zero-order chi connectivity index (χ0) is 46.2. The summed E-state index contributed by atoms with van der Waals surface area (Å²) in [6.07, 6.45) is -7.22. The molecule has 5 aromatic rings. The van der Waals surface area contributed by atoms with Crippen molar-refractivity contribution in [3.05, 3.63) is 152 Å². The molecule has 0 saturated heterocycles. The van der Waals surface area contributed by atoms with Gasteiger partial charge in [0.2, 0.25) is 0 Å². The summed E-state index contributed by atoms with van der Waals surface area (Å²) in [7, 11) is 0.0330. The van der Waals surface area contributed by atoms with Gasteiger partial charge in [-0.3, -0.25) is 0 Å². The van der Waals surface area contributed by atoms with Gasteiger partial charge in [0, 0.05) is 5.56 Å². The molecule has 0 heterocycles. The number of nitriles is 1. The molecule has 61 heavy (non-hydrogen) atoms. The smallest absolute Gasteiger partial charge is 0.200 e. The van der Waals surface area contributed by atoms with Crippen molar-refractivity contribution in [3.8, 4) is 6.07 Å². The molecule has 2 N–H and O–H groups in total. The Morgan fingerprint density at radius 3 is 0.787 bits per heavy atom. The first-order valence-electron chi connectivity index (χ1n) is 16.1. The van der Waals surface area contributed by atoms with Crippen LogP contribution < -0.4 is 21.9 Å².